The Bertz CT molecular complexity index is 1310. The SMILES string of the molecule is O=P(c1ccccc1)(c1ccccc1)c1ncc(-c2ccccc2)c2ccccc12. The molecule has 3 heteroatoms. The summed E-state index contributed by atoms with van der Waals surface area (Å²) in [5.74, 6) is 0. The summed E-state index contributed by atoms with van der Waals surface area (Å²) in [6, 6.07) is 37.7. The number of pyridine rings is 1. The molecule has 0 aliphatic heterocycles. The van der Waals surface area contributed by atoms with Crippen LogP contribution in [0.4, 0.5) is 0 Å². The molecule has 4 aromatic carbocycles. The van der Waals surface area contributed by atoms with Crippen molar-refractivity contribution in [2.24, 2.45) is 0 Å². The summed E-state index contributed by atoms with van der Waals surface area (Å²) in [5.41, 5.74) is 2.78. The standard InChI is InChI=1S/C27H20NOP/c29-30(22-14-6-2-7-15-22,23-16-8-3-9-17-23)27-25-19-11-10-18-24(25)26(20-28-27)21-12-4-1-5-13-21/h1-20H. The number of fused-ring (bicyclic) bond motifs is 1. The minimum Gasteiger partial charge on any atom is -0.307 e. The topological polar surface area (TPSA) is 30.0 Å². The molecular formula is C27H20NOP. The third-order valence-electron chi connectivity index (χ3n) is 5.40. The first kappa shape index (κ1) is 18.5. The summed E-state index contributed by atoms with van der Waals surface area (Å²) in [5, 5.41) is 3.57. The van der Waals surface area contributed by atoms with Crippen LogP contribution in [0, 0.1) is 0 Å². The Kier molecular flexibility index (Phi) is 4.78. The van der Waals surface area contributed by atoms with E-state index in [-0.39, 0.29) is 0 Å². The first-order valence-electron chi connectivity index (χ1n) is 9.93. The molecule has 144 valence electrons. The third-order valence-corrected chi connectivity index (χ3v) is 8.40. The van der Waals surface area contributed by atoms with E-state index in [2.05, 4.69) is 18.2 Å². The van der Waals surface area contributed by atoms with Crippen molar-refractivity contribution in [3.8, 4) is 11.1 Å². The number of rotatable bonds is 4. The summed E-state index contributed by atoms with van der Waals surface area (Å²) >= 11 is 0. The Morgan fingerprint density at radius 3 is 1.57 bits per heavy atom. The monoisotopic (exact) mass is 405 g/mol. The zero-order valence-electron chi connectivity index (χ0n) is 16.3. The van der Waals surface area contributed by atoms with Gasteiger partial charge in [0.05, 0.1) is 0 Å². The van der Waals surface area contributed by atoms with Gasteiger partial charge in [-0.1, -0.05) is 115 Å². The molecule has 0 spiro atoms. The van der Waals surface area contributed by atoms with Gasteiger partial charge in [0.1, 0.15) is 5.44 Å². The molecule has 0 fully saturated rings. The number of hydrogen-bond acceptors (Lipinski definition) is 2. The lowest BCUT2D eigenvalue weighted by molar-refractivity contribution is 0.592. The minimum atomic E-state index is -3.14. The van der Waals surface area contributed by atoms with Crippen molar-refractivity contribution in [2.75, 3.05) is 0 Å². The van der Waals surface area contributed by atoms with E-state index in [0.29, 0.717) is 5.44 Å². The molecule has 0 saturated carbocycles. The van der Waals surface area contributed by atoms with Crippen LogP contribution in [-0.4, -0.2) is 4.98 Å². The lowest BCUT2D eigenvalue weighted by atomic mass is 10.0. The fourth-order valence-electron chi connectivity index (χ4n) is 3.95. The van der Waals surface area contributed by atoms with Crippen LogP contribution in [0.25, 0.3) is 21.9 Å². The highest BCUT2D eigenvalue weighted by Gasteiger charge is 2.33. The lowest BCUT2D eigenvalue weighted by Gasteiger charge is -2.21. The Balaban J connectivity index is 1.84. The molecule has 30 heavy (non-hydrogen) atoms. The molecular weight excluding hydrogens is 385 g/mol. The van der Waals surface area contributed by atoms with Gasteiger partial charge in [0.15, 0.2) is 7.14 Å². The molecule has 0 aliphatic rings. The fourth-order valence-corrected chi connectivity index (χ4v) is 6.67. The van der Waals surface area contributed by atoms with E-state index in [1.54, 1.807) is 0 Å². The highest BCUT2D eigenvalue weighted by atomic mass is 31.2. The quantitative estimate of drug-likeness (QED) is 0.368. The summed E-state index contributed by atoms with van der Waals surface area (Å²) in [4.78, 5) is 4.84. The Morgan fingerprint density at radius 1 is 0.533 bits per heavy atom. The minimum absolute atomic E-state index is 0.634. The van der Waals surface area contributed by atoms with Crippen LogP contribution >= 0.6 is 7.14 Å². The number of nitrogens with zero attached hydrogens (tertiary/aromatic N) is 1. The van der Waals surface area contributed by atoms with E-state index in [1.165, 1.54) is 0 Å². The van der Waals surface area contributed by atoms with E-state index in [4.69, 9.17) is 4.98 Å². The van der Waals surface area contributed by atoms with Crippen LogP contribution in [0.5, 0.6) is 0 Å². The summed E-state index contributed by atoms with van der Waals surface area (Å²) in [7, 11) is -3.14. The predicted octanol–water partition coefficient (Wildman–Crippen LogP) is 5.54. The van der Waals surface area contributed by atoms with Crippen LogP contribution in [0.3, 0.4) is 0 Å². The second-order valence-electron chi connectivity index (χ2n) is 7.19. The maximum absolute atomic E-state index is 14.8. The van der Waals surface area contributed by atoms with Gasteiger partial charge in [-0.25, -0.2) is 0 Å². The van der Waals surface area contributed by atoms with Crippen molar-refractivity contribution >= 4 is 34.0 Å². The maximum Gasteiger partial charge on any atom is 0.189 e. The van der Waals surface area contributed by atoms with E-state index in [1.807, 2.05) is 103 Å². The van der Waals surface area contributed by atoms with Gasteiger partial charge in [0.2, 0.25) is 0 Å². The number of hydrogen-bond donors (Lipinski definition) is 0. The average Bonchev–Trinajstić information content (AvgIpc) is 2.84. The molecule has 0 radical (unpaired) electrons. The molecule has 1 aromatic heterocycles. The van der Waals surface area contributed by atoms with Gasteiger partial charge in [-0.2, -0.15) is 0 Å². The second kappa shape index (κ2) is 7.74. The molecule has 0 amide bonds. The van der Waals surface area contributed by atoms with Crippen LogP contribution in [0.2, 0.25) is 0 Å². The van der Waals surface area contributed by atoms with Crippen molar-refractivity contribution in [1.82, 2.24) is 4.98 Å². The molecule has 5 aromatic rings. The second-order valence-corrected chi connectivity index (χ2v) is 9.86. The van der Waals surface area contributed by atoms with E-state index >= 15 is 0 Å². The van der Waals surface area contributed by atoms with E-state index < -0.39 is 7.14 Å². The van der Waals surface area contributed by atoms with Gasteiger partial charge < -0.3 is 4.57 Å². The largest absolute Gasteiger partial charge is 0.307 e. The molecule has 0 atom stereocenters. The van der Waals surface area contributed by atoms with Crippen LogP contribution in [0.1, 0.15) is 0 Å². The fraction of sp³-hybridized carbons (Fsp3) is 0. The van der Waals surface area contributed by atoms with Gasteiger partial charge in [-0.15, -0.1) is 0 Å². The molecule has 2 nitrogen and oxygen atoms in total. The van der Waals surface area contributed by atoms with Crippen LogP contribution in [0.15, 0.2) is 121 Å². The number of aromatic nitrogens is 1. The summed E-state index contributed by atoms with van der Waals surface area (Å²) < 4.78 is 14.8. The molecule has 0 saturated heterocycles. The molecule has 0 N–H and O–H groups in total. The van der Waals surface area contributed by atoms with E-state index in [0.717, 1.165) is 32.5 Å². The zero-order chi connectivity index (χ0) is 20.4. The molecule has 0 aliphatic carbocycles. The zero-order valence-corrected chi connectivity index (χ0v) is 17.2. The third kappa shape index (κ3) is 3.07. The molecule has 5 rings (SSSR count). The molecule has 0 bridgehead atoms. The van der Waals surface area contributed by atoms with Gasteiger partial charge in [-0.3, -0.25) is 4.98 Å². The lowest BCUT2D eigenvalue weighted by Crippen LogP contribution is -2.27. The van der Waals surface area contributed by atoms with Crippen LogP contribution < -0.4 is 16.0 Å². The summed E-state index contributed by atoms with van der Waals surface area (Å²) in [6.07, 6.45) is 1.87. The van der Waals surface area contributed by atoms with Gasteiger partial charge in [0, 0.05) is 27.8 Å². The normalized spacial score (nSPS) is 11.5. The first-order chi connectivity index (χ1) is 14.8. The van der Waals surface area contributed by atoms with Crippen molar-refractivity contribution in [3.05, 3.63) is 121 Å². The van der Waals surface area contributed by atoms with Gasteiger partial charge in [-0.05, 0) is 10.9 Å². The van der Waals surface area contributed by atoms with Crippen molar-refractivity contribution < 1.29 is 4.57 Å². The average molecular weight is 405 g/mol. The van der Waals surface area contributed by atoms with Crippen molar-refractivity contribution in [3.63, 3.8) is 0 Å². The van der Waals surface area contributed by atoms with Gasteiger partial charge >= 0.3 is 0 Å². The highest BCUT2D eigenvalue weighted by Crippen LogP contribution is 2.44. The van der Waals surface area contributed by atoms with Crippen molar-refractivity contribution in [2.45, 2.75) is 0 Å². The Morgan fingerprint density at radius 2 is 1.00 bits per heavy atom. The van der Waals surface area contributed by atoms with Crippen LogP contribution in [-0.2, 0) is 4.57 Å². The molecule has 0 unspecified atom stereocenters. The van der Waals surface area contributed by atoms with E-state index in [9.17, 15) is 4.57 Å². The maximum atomic E-state index is 14.8. The Hall–Kier alpha value is -3.48. The molecule has 1 heterocycles. The summed E-state index contributed by atoms with van der Waals surface area (Å²) in [6.45, 7) is 0. The number of benzene rings is 4. The Labute approximate surface area is 176 Å². The first-order valence-corrected chi connectivity index (χ1v) is 11.6. The smallest absolute Gasteiger partial charge is 0.189 e. The van der Waals surface area contributed by atoms with Crippen molar-refractivity contribution in [1.29, 1.82) is 0 Å². The van der Waals surface area contributed by atoms with Gasteiger partial charge in [0.25, 0.3) is 0 Å². The highest BCUT2D eigenvalue weighted by molar-refractivity contribution is 7.85. The predicted molar refractivity (Wildman–Crippen MR) is 127 cm³/mol.